The molecule has 2 aromatic rings. The maximum Gasteiger partial charge on any atom is 0.357 e. The minimum atomic E-state index is -2.42. The van der Waals surface area contributed by atoms with Crippen LogP contribution >= 0.6 is 23.5 Å². The second-order valence-corrected chi connectivity index (χ2v) is 21.2. The average Bonchev–Trinajstić information content (AvgIpc) is 3.00. The number of benzene rings is 2. The summed E-state index contributed by atoms with van der Waals surface area (Å²) in [6, 6.07) is 4.08. The molecule has 50 heavy (non-hydrogen) atoms. The number of likely N-dealkylation sites (tertiary alicyclic amines) is 1. The molecular weight excluding hydrogens is 722 g/mol. The molecule has 2 aromatic carbocycles. The third kappa shape index (κ3) is 8.29. The molecule has 16 heteroatoms. The molecule has 0 aliphatic carbocycles. The molecule has 0 unspecified atom stereocenters. The molecule has 1 fully saturated rings. The Bertz CT molecular complexity index is 1690. The number of β-lactam (4-membered cyclic amide) rings is 1. The standard InChI is InChI=1S/C34H40F5NO7S2Si/c1-11-48-29-19(16(2)47-50(9,10)34(6,7)8)28(42)40(29)26(30(43)44)31(49-32(45)33(3,4)5)46-18-14-12-17(13-15-18)27(41)20-21(35)23(37)25(39)24(38)22(20)36/h12-16,19,29H,11H2,1-10H3,(H,43,44)/t16-,19+,29-/m1/s1. The highest BCUT2D eigenvalue weighted by atomic mass is 32.2. The smallest absolute Gasteiger partial charge is 0.357 e. The van der Waals surface area contributed by atoms with Gasteiger partial charge in [-0.25, -0.2) is 26.7 Å². The van der Waals surface area contributed by atoms with Crippen molar-refractivity contribution in [3.05, 3.63) is 75.3 Å². The van der Waals surface area contributed by atoms with E-state index in [4.69, 9.17) is 9.16 Å². The van der Waals surface area contributed by atoms with Crippen LogP contribution in [-0.2, 0) is 18.8 Å². The van der Waals surface area contributed by atoms with E-state index in [2.05, 4.69) is 20.8 Å². The summed E-state index contributed by atoms with van der Waals surface area (Å²) in [7, 11) is -2.33. The van der Waals surface area contributed by atoms with Crippen LogP contribution in [0.4, 0.5) is 22.0 Å². The monoisotopic (exact) mass is 761 g/mol. The van der Waals surface area contributed by atoms with Crippen molar-refractivity contribution in [3.63, 3.8) is 0 Å². The Morgan fingerprint density at radius 3 is 1.86 bits per heavy atom. The number of hydrogen-bond acceptors (Lipinski definition) is 8. The predicted octanol–water partition coefficient (Wildman–Crippen LogP) is 8.50. The van der Waals surface area contributed by atoms with E-state index in [1.807, 2.05) is 20.0 Å². The van der Waals surface area contributed by atoms with E-state index in [0.29, 0.717) is 17.5 Å². The first-order valence-corrected chi connectivity index (χ1v) is 20.3. The van der Waals surface area contributed by atoms with Gasteiger partial charge in [-0.3, -0.25) is 19.3 Å². The summed E-state index contributed by atoms with van der Waals surface area (Å²) in [5.74, 6) is -15.6. The number of carbonyl (C=O) groups is 4. The van der Waals surface area contributed by atoms with Crippen LogP contribution in [0.1, 0.15) is 71.3 Å². The van der Waals surface area contributed by atoms with Crippen molar-refractivity contribution >= 4 is 54.6 Å². The number of carbonyl (C=O) groups excluding carboxylic acids is 3. The molecule has 0 spiro atoms. The molecule has 3 rings (SSSR count). The van der Waals surface area contributed by atoms with Crippen LogP contribution in [0.2, 0.25) is 18.1 Å². The molecule has 1 N–H and O–H groups in total. The van der Waals surface area contributed by atoms with Gasteiger partial charge in [0, 0.05) is 11.0 Å². The van der Waals surface area contributed by atoms with Gasteiger partial charge in [-0.05, 0) is 66.8 Å². The van der Waals surface area contributed by atoms with Gasteiger partial charge in [0.05, 0.1) is 17.4 Å². The first kappa shape index (κ1) is 41.2. The maximum absolute atomic E-state index is 14.3. The second-order valence-electron chi connectivity index (χ2n) is 14.1. The van der Waals surface area contributed by atoms with Gasteiger partial charge in [0.15, 0.2) is 48.2 Å². The largest absolute Gasteiger partial charge is 0.476 e. The molecule has 274 valence electrons. The quantitative estimate of drug-likeness (QED) is 0.0333. The van der Waals surface area contributed by atoms with Crippen LogP contribution in [0.25, 0.3) is 0 Å². The fraction of sp³-hybridized carbons (Fsp3) is 0.471. The van der Waals surface area contributed by atoms with E-state index in [-0.39, 0.29) is 10.8 Å². The highest BCUT2D eigenvalue weighted by Crippen LogP contribution is 2.46. The van der Waals surface area contributed by atoms with Gasteiger partial charge in [0.1, 0.15) is 11.3 Å². The fourth-order valence-electron chi connectivity index (χ4n) is 4.59. The van der Waals surface area contributed by atoms with Crippen LogP contribution in [0, 0.1) is 40.4 Å². The number of thioether (sulfide) groups is 2. The van der Waals surface area contributed by atoms with Gasteiger partial charge in [0.25, 0.3) is 0 Å². The number of carboxylic acid groups (broad SMARTS) is 1. The third-order valence-electron chi connectivity index (χ3n) is 8.41. The van der Waals surface area contributed by atoms with Crippen LogP contribution < -0.4 is 4.74 Å². The summed E-state index contributed by atoms with van der Waals surface area (Å²) in [4.78, 5) is 53.8. The lowest BCUT2D eigenvalue weighted by Crippen LogP contribution is -2.64. The first-order valence-electron chi connectivity index (χ1n) is 15.5. The molecule has 0 bridgehead atoms. The van der Waals surface area contributed by atoms with Gasteiger partial charge >= 0.3 is 5.97 Å². The van der Waals surface area contributed by atoms with Gasteiger partial charge in [-0.15, -0.1) is 11.8 Å². The maximum atomic E-state index is 14.3. The van der Waals surface area contributed by atoms with Crippen molar-refractivity contribution in [1.82, 2.24) is 4.90 Å². The lowest BCUT2D eigenvalue weighted by Gasteiger charge is -2.50. The number of rotatable bonds is 12. The summed E-state index contributed by atoms with van der Waals surface area (Å²) >= 11 is 1.77. The number of aliphatic carboxylic acids is 1. The summed E-state index contributed by atoms with van der Waals surface area (Å²) in [5.41, 5.74) is -3.75. The van der Waals surface area contributed by atoms with E-state index in [9.17, 15) is 46.2 Å². The van der Waals surface area contributed by atoms with Crippen LogP contribution in [0.3, 0.4) is 0 Å². The van der Waals surface area contributed by atoms with Gasteiger partial charge in [-0.1, -0.05) is 48.5 Å². The summed E-state index contributed by atoms with van der Waals surface area (Å²) in [6.45, 7) is 18.7. The topological polar surface area (TPSA) is 110 Å². The van der Waals surface area contributed by atoms with Crippen molar-refractivity contribution in [3.8, 4) is 5.75 Å². The zero-order chi connectivity index (χ0) is 38.3. The Morgan fingerprint density at radius 2 is 1.42 bits per heavy atom. The number of ketones is 1. The lowest BCUT2D eigenvalue weighted by molar-refractivity contribution is -0.157. The normalized spacial score (nSPS) is 18.0. The number of amides is 1. The van der Waals surface area contributed by atoms with Crippen molar-refractivity contribution in [2.24, 2.45) is 11.3 Å². The Labute approximate surface area is 297 Å². The molecule has 1 amide bonds. The molecule has 1 aliphatic rings. The number of ether oxygens (including phenoxy) is 1. The highest BCUT2D eigenvalue weighted by Gasteiger charge is 2.56. The first-order chi connectivity index (χ1) is 22.9. The highest BCUT2D eigenvalue weighted by molar-refractivity contribution is 8.16. The number of carboxylic acids is 1. The zero-order valence-electron chi connectivity index (χ0n) is 29.3. The summed E-state index contributed by atoms with van der Waals surface area (Å²) in [5, 5.41) is 8.63. The predicted molar refractivity (Wildman–Crippen MR) is 183 cm³/mol. The van der Waals surface area contributed by atoms with Crippen molar-refractivity contribution in [2.75, 3.05) is 5.75 Å². The van der Waals surface area contributed by atoms with Gasteiger partial charge in [-0.2, -0.15) is 0 Å². The minimum Gasteiger partial charge on any atom is -0.476 e. The van der Waals surface area contributed by atoms with Gasteiger partial charge < -0.3 is 14.3 Å². The van der Waals surface area contributed by atoms with E-state index >= 15 is 0 Å². The summed E-state index contributed by atoms with van der Waals surface area (Å²) in [6.07, 6.45) is -0.560. The van der Waals surface area contributed by atoms with Crippen molar-refractivity contribution in [2.45, 2.75) is 85.0 Å². The molecule has 3 atom stereocenters. The Hall–Kier alpha value is -3.21. The molecule has 8 nitrogen and oxygen atoms in total. The van der Waals surface area contributed by atoms with Crippen LogP contribution in [-0.4, -0.2) is 58.3 Å². The van der Waals surface area contributed by atoms with Crippen molar-refractivity contribution < 1.29 is 55.4 Å². The van der Waals surface area contributed by atoms with Crippen LogP contribution in [0.5, 0.6) is 5.75 Å². The van der Waals surface area contributed by atoms with Gasteiger partial charge in [0.2, 0.25) is 16.8 Å². The van der Waals surface area contributed by atoms with E-state index in [1.54, 1.807) is 27.7 Å². The Kier molecular flexibility index (Phi) is 12.5. The number of hydrogen-bond donors (Lipinski definition) is 1. The lowest BCUT2D eigenvalue weighted by atomic mass is 9.92. The van der Waals surface area contributed by atoms with Crippen molar-refractivity contribution in [1.29, 1.82) is 0 Å². The Balaban J connectivity index is 2.07. The zero-order valence-corrected chi connectivity index (χ0v) is 31.9. The Morgan fingerprint density at radius 1 is 0.920 bits per heavy atom. The molecule has 1 saturated heterocycles. The SMILES string of the molecule is CCS[C@@H]1[C@@H]([C@@H](C)O[Si](C)(C)C(C)(C)C)C(=O)N1C(C(=O)O)=C(Oc1ccc(C(=O)c2c(F)c(F)c(F)c(F)c2F)cc1)SC(=O)C(C)(C)C. The fourth-order valence-corrected chi connectivity index (χ4v) is 8.16. The average molecular weight is 762 g/mol. The minimum absolute atomic E-state index is 0.161. The third-order valence-corrected chi connectivity index (χ3v) is 15.4. The van der Waals surface area contributed by atoms with Crippen LogP contribution in [0.15, 0.2) is 35.1 Å². The molecule has 1 aliphatic heterocycles. The molecule has 0 aromatic heterocycles. The van der Waals surface area contributed by atoms with E-state index < -0.39 is 105 Å². The second kappa shape index (κ2) is 15.2. The molecule has 1 heterocycles. The number of nitrogens with zero attached hydrogens (tertiary/aromatic N) is 1. The van der Waals surface area contributed by atoms with E-state index in [0.717, 1.165) is 29.2 Å². The summed E-state index contributed by atoms with van der Waals surface area (Å²) < 4.78 is 82.0. The molecule has 0 saturated carbocycles. The number of halogens is 5. The molecular formula is C34H40F5NO7S2Si. The van der Waals surface area contributed by atoms with E-state index in [1.165, 1.54) is 11.8 Å². The molecule has 0 radical (unpaired) electrons.